The van der Waals surface area contributed by atoms with Gasteiger partial charge < -0.3 is 10.1 Å². The zero-order valence-corrected chi connectivity index (χ0v) is 12.3. The Morgan fingerprint density at radius 2 is 2.06 bits per heavy atom. The fourth-order valence-corrected chi connectivity index (χ4v) is 3.62. The molecule has 18 heavy (non-hydrogen) atoms. The van der Waals surface area contributed by atoms with Crippen molar-refractivity contribution < 1.29 is 4.74 Å². The van der Waals surface area contributed by atoms with Gasteiger partial charge in [0, 0.05) is 38.3 Å². The Bertz CT molecular complexity index is 247. The maximum atomic E-state index is 5.59. The molecule has 3 nitrogen and oxygen atoms in total. The number of methoxy groups -OCH3 is 1. The minimum Gasteiger partial charge on any atom is -0.381 e. The van der Waals surface area contributed by atoms with E-state index in [1.165, 1.54) is 51.6 Å². The van der Waals surface area contributed by atoms with Crippen molar-refractivity contribution in [3.05, 3.63) is 0 Å². The summed E-state index contributed by atoms with van der Waals surface area (Å²) in [6.45, 7) is 7.02. The highest BCUT2D eigenvalue weighted by Crippen LogP contribution is 2.28. The van der Waals surface area contributed by atoms with Crippen molar-refractivity contribution in [3.8, 4) is 0 Å². The summed E-state index contributed by atoms with van der Waals surface area (Å²) in [6.07, 6.45) is 8.20. The third-order valence-corrected chi connectivity index (χ3v) is 4.91. The lowest BCUT2D eigenvalue weighted by molar-refractivity contribution is -0.000954. The van der Waals surface area contributed by atoms with Gasteiger partial charge in [0.15, 0.2) is 0 Å². The Hall–Kier alpha value is -0.120. The van der Waals surface area contributed by atoms with Gasteiger partial charge in [0.1, 0.15) is 0 Å². The molecule has 1 saturated heterocycles. The first kappa shape index (κ1) is 14.3. The minimum atomic E-state index is 0.496. The topological polar surface area (TPSA) is 24.5 Å². The molecule has 0 aromatic heterocycles. The molecule has 2 rings (SSSR count). The number of hydrogen-bond donors (Lipinski definition) is 1. The Labute approximate surface area is 112 Å². The second-order valence-electron chi connectivity index (χ2n) is 5.95. The van der Waals surface area contributed by atoms with E-state index in [0.29, 0.717) is 12.1 Å². The molecule has 0 amide bonds. The summed E-state index contributed by atoms with van der Waals surface area (Å²) in [5, 5.41) is 3.69. The van der Waals surface area contributed by atoms with Crippen LogP contribution in [0.1, 0.15) is 52.4 Å². The van der Waals surface area contributed by atoms with Crippen LogP contribution < -0.4 is 5.32 Å². The van der Waals surface area contributed by atoms with E-state index in [1.807, 2.05) is 7.11 Å². The van der Waals surface area contributed by atoms with Crippen LogP contribution in [0.2, 0.25) is 0 Å². The molecule has 1 aliphatic carbocycles. The largest absolute Gasteiger partial charge is 0.381 e. The highest BCUT2D eigenvalue weighted by Gasteiger charge is 2.34. The van der Waals surface area contributed by atoms with Crippen LogP contribution in [0.5, 0.6) is 0 Å². The van der Waals surface area contributed by atoms with Crippen molar-refractivity contribution in [3.63, 3.8) is 0 Å². The molecule has 0 radical (unpaired) electrons. The molecule has 1 saturated carbocycles. The lowest BCUT2D eigenvalue weighted by Gasteiger charge is -2.46. The molecule has 3 heteroatoms. The Morgan fingerprint density at radius 3 is 2.72 bits per heavy atom. The normalized spacial score (nSPS) is 38.8. The molecule has 106 valence electrons. The molecule has 1 heterocycles. The number of rotatable bonds is 4. The zero-order valence-electron chi connectivity index (χ0n) is 12.3. The van der Waals surface area contributed by atoms with Gasteiger partial charge in [0.2, 0.25) is 0 Å². The van der Waals surface area contributed by atoms with E-state index in [9.17, 15) is 0 Å². The van der Waals surface area contributed by atoms with E-state index in [-0.39, 0.29) is 0 Å². The molecule has 0 aromatic rings. The summed E-state index contributed by atoms with van der Waals surface area (Å²) in [4.78, 5) is 2.79. The summed E-state index contributed by atoms with van der Waals surface area (Å²) in [6, 6.07) is 2.17. The van der Waals surface area contributed by atoms with Gasteiger partial charge in [-0.15, -0.1) is 0 Å². The van der Waals surface area contributed by atoms with Gasteiger partial charge in [0.25, 0.3) is 0 Å². The third-order valence-electron chi connectivity index (χ3n) is 4.91. The van der Waals surface area contributed by atoms with Crippen LogP contribution in [0.15, 0.2) is 0 Å². The fourth-order valence-electron chi connectivity index (χ4n) is 3.62. The number of ether oxygens (including phenoxy) is 1. The summed E-state index contributed by atoms with van der Waals surface area (Å²) in [7, 11) is 1.87. The number of hydrogen-bond acceptors (Lipinski definition) is 3. The van der Waals surface area contributed by atoms with Crippen molar-refractivity contribution >= 4 is 0 Å². The molecule has 2 fully saturated rings. The summed E-state index contributed by atoms with van der Waals surface area (Å²) in [5.74, 6) is 0. The maximum absolute atomic E-state index is 5.59. The smallest absolute Gasteiger partial charge is 0.0586 e. The van der Waals surface area contributed by atoms with Crippen LogP contribution in [0, 0.1) is 0 Å². The van der Waals surface area contributed by atoms with Gasteiger partial charge in [0.05, 0.1) is 6.10 Å². The highest BCUT2D eigenvalue weighted by atomic mass is 16.5. The number of nitrogens with zero attached hydrogens (tertiary/aromatic N) is 1. The predicted molar refractivity (Wildman–Crippen MR) is 75.9 cm³/mol. The zero-order chi connectivity index (χ0) is 13.0. The Kier molecular flexibility index (Phi) is 5.46. The van der Waals surface area contributed by atoms with E-state index in [2.05, 4.69) is 24.1 Å². The monoisotopic (exact) mass is 254 g/mol. The summed E-state index contributed by atoms with van der Waals surface area (Å²) >= 11 is 0. The van der Waals surface area contributed by atoms with Crippen LogP contribution in [0.3, 0.4) is 0 Å². The van der Waals surface area contributed by atoms with E-state index < -0.39 is 0 Å². The molecule has 2 aliphatic rings. The van der Waals surface area contributed by atoms with Crippen molar-refractivity contribution in [2.45, 2.75) is 76.6 Å². The van der Waals surface area contributed by atoms with Crippen molar-refractivity contribution in [2.24, 2.45) is 0 Å². The molecule has 4 unspecified atom stereocenters. The van der Waals surface area contributed by atoms with Gasteiger partial charge in [-0.3, -0.25) is 4.90 Å². The number of piperazine rings is 1. The lowest BCUT2D eigenvalue weighted by atomic mass is 9.89. The van der Waals surface area contributed by atoms with Crippen LogP contribution in [-0.4, -0.2) is 49.3 Å². The van der Waals surface area contributed by atoms with Gasteiger partial charge >= 0.3 is 0 Å². The molecule has 0 bridgehead atoms. The highest BCUT2D eigenvalue weighted by molar-refractivity contribution is 4.91. The van der Waals surface area contributed by atoms with E-state index in [0.717, 1.165) is 12.1 Å². The lowest BCUT2D eigenvalue weighted by Crippen LogP contribution is -2.60. The van der Waals surface area contributed by atoms with Gasteiger partial charge in [-0.1, -0.05) is 13.8 Å². The first-order valence-electron chi connectivity index (χ1n) is 7.80. The Balaban J connectivity index is 1.98. The van der Waals surface area contributed by atoms with Crippen molar-refractivity contribution in [1.29, 1.82) is 0 Å². The summed E-state index contributed by atoms with van der Waals surface area (Å²) < 4.78 is 5.59. The van der Waals surface area contributed by atoms with Crippen molar-refractivity contribution in [1.82, 2.24) is 10.2 Å². The third kappa shape index (κ3) is 3.25. The second-order valence-corrected chi connectivity index (χ2v) is 5.95. The average Bonchev–Trinajstić information content (AvgIpc) is 2.46. The van der Waals surface area contributed by atoms with Gasteiger partial charge in [-0.25, -0.2) is 0 Å². The number of nitrogens with one attached hydrogen (secondary N) is 1. The first-order chi connectivity index (χ1) is 8.78. The van der Waals surface area contributed by atoms with E-state index >= 15 is 0 Å². The molecule has 0 spiro atoms. The predicted octanol–water partition coefficient (Wildman–Crippen LogP) is 2.41. The Morgan fingerprint density at radius 1 is 1.22 bits per heavy atom. The first-order valence-corrected chi connectivity index (χ1v) is 7.80. The van der Waals surface area contributed by atoms with Crippen LogP contribution in [0.4, 0.5) is 0 Å². The average molecular weight is 254 g/mol. The van der Waals surface area contributed by atoms with Crippen LogP contribution in [0.25, 0.3) is 0 Å². The molecule has 1 aliphatic heterocycles. The fraction of sp³-hybridized carbons (Fsp3) is 1.00. The summed E-state index contributed by atoms with van der Waals surface area (Å²) in [5.41, 5.74) is 0. The molecule has 1 N–H and O–H groups in total. The quantitative estimate of drug-likeness (QED) is 0.834. The van der Waals surface area contributed by atoms with E-state index in [1.54, 1.807) is 0 Å². The van der Waals surface area contributed by atoms with Gasteiger partial charge in [-0.2, -0.15) is 0 Å². The van der Waals surface area contributed by atoms with E-state index in [4.69, 9.17) is 4.74 Å². The SMILES string of the molecule is CCC1CN(C2CCCC(OC)C2)C(CC)CN1. The van der Waals surface area contributed by atoms with Crippen LogP contribution in [-0.2, 0) is 4.74 Å². The molecule has 4 atom stereocenters. The standard InChI is InChI=1S/C15H30N2O/c1-4-12-11-17(13(5-2)10-16-12)14-7-6-8-15(9-14)18-3/h12-16H,4-11H2,1-3H3. The van der Waals surface area contributed by atoms with Crippen LogP contribution >= 0.6 is 0 Å². The van der Waals surface area contributed by atoms with Gasteiger partial charge in [-0.05, 0) is 38.5 Å². The van der Waals surface area contributed by atoms with Crippen molar-refractivity contribution in [2.75, 3.05) is 20.2 Å². The molecular formula is C15H30N2O. The maximum Gasteiger partial charge on any atom is 0.0586 e. The minimum absolute atomic E-state index is 0.496. The molecule has 0 aromatic carbocycles. The molecular weight excluding hydrogens is 224 g/mol. The second kappa shape index (κ2) is 6.88.